The second-order valence-corrected chi connectivity index (χ2v) is 8.25. The minimum Gasteiger partial charge on any atom is -0.507 e. The van der Waals surface area contributed by atoms with Gasteiger partial charge in [-0.05, 0) is 51.3 Å². The fraction of sp³-hybridized carbons (Fsp3) is 0.409. The number of carbonyl (C=O) groups excluding carboxylic acids is 1. The molecule has 0 radical (unpaired) electrons. The van der Waals surface area contributed by atoms with Gasteiger partial charge in [0.25, 0.3) is 0 Å². The van der Waals surface area contributed by atoms with Gasteiger partial charge in [0.15, 0.2) is 0 Å². The van der Waals surface area contributed by atoms with Gasteiger partial charge in [0.2, 0.25) is 5.95 Å². The van der Waals surface area contributed by atoms with Crippen LogP contribution in [0.15, 0.2) is 30.8 Å². The molecule has 3 rings (SSSR count). The highest BCUT2D eigenvalue weighted by Crippen LogP contribution is 2.35. The fourth-order valence-electron chi connectivity index (χ4n) is 3.54. The number of hydrogen-bond donors (Lipinski definition) is 2. The smallest absolute Gasteiger partial charge is 0.410 e. The molecule has 1 aliphatic heterocycles. The van der Waals surface area contributed by atoms with Crippen LogP contribution in [-0.4, -0.2) is 44.8 Å². The standard InChI is InChI=1S/C22H28N4O3/c1-5-14-8-6-10-18(27)19(14)17-12-16(24-20(23)25-17)15-9-7-11-26(13-15)21(28)29-22(2,3)4/h5-6,8,10,12,15,27H,1,7,9,11,13H2,2-4H3,(H2,23,24,25). The van der Waals surface area contributed by atoms with Gasteiger partial charge < -0.3 is 20.5 Å². The van der Waals surface area contributed by atoms with Crippen molar-refractivity contribution in [3.8, 4) is 17.0 Å². The van der Waals surface area contributed by atoms with Gasteiger partial charge in [0.05, 0.1) is 11.4 Å². The van der Waals surface area contributed by atoms with Crippen LogP contribution in [0.3, 0.4) is 0 Å². The average molecular weight is 396 g/mol. The number of nitrogens with two attached hydrogens (primary N) is 1. The maximum atomic E-state index is 12.5. The van der Waals surface area contributed by atoms with Crippen molar-refractivity contribution in [3.05, 3.63) is 42.1 Å². The number of anilines is 1. The molecule has 2 heterocycles. The lowest BCUT2D eigenvalue weighted by Crippen LogP contribution is -2.42. The van der Waals surface area contributed by atoms with Gasteiger partial charge in [-0.2, -0.15) is 0 Å². The van der Waals surface area contributed by atoms with E-state index in [0.29, 0.717) is 24.3 Å². The summed E-state index contributed by atoms with van der Waals surface area (Å²) in [4.78, 5) is 22.9. The van der Waals surface area contributed by atoms with Crippen molar-refractivity contribution in [1.29, 1.82) is 0 Å². The lowest BCUT2D eigenvalue weighted by Gasteiger charge is -2.34. The zero-order chi connectivity index (χ0) is 21.2. The molecule has 1 aliphatic rings. The summed E-state index contributed by atoms with van der Waals surface area (Å²) in [6, 6.07) is 7.04. The predicted molar refractivity (Wildman–Crippen MR) is 113 cm³/mol. The molecule has 1 fully saturated rings. The summed E-state index contributed by atoms with van der Waals surface area (Å²) >= 11 is 0. The molecule has 1 amide bonds. The Morgan fingerprint density at radius 2 is 2.14 bits per heavy atom. The van der Waals surface area contributed by atoms with Gasteiger partial charge >= 0.3 is 6.09 Å². The lowest BCUT2D eigenvalue weighted by atomic mass is 9.93. The first-order chi connectivity index (χ1) is 13.7. The van der Waals surface area contributed by atoms with Gasteiger partial charge in [0.1, 0.15) is 11.4 Å². The van der Waals surface area contributed by atoms with Crippen LogP contribution in [0.5, 0.6) is 5.75 Å². The van der Waals surface area contributed by atoms with E-state index in [2.05, 4.69) is 16.5 Å². The van der Waals surface area contributed by atoms with Gasteiger partial charge in [-0.3, -0.25) is 0 Å². The largest absolute Gasteiger partial charge is 0.507 e. The van der Waals surface area contributed by atoms with E-state index >= 15 is 0 Å². The Bertz CT molecular complexity index is 921. The normalized spacial score (nSPS) is 17.1. The Balaban J connectivity index is 1.90. The maximum absolute atomic E-state index is 12.5. The summed E-state index contributed by atoms with van der Waals surface area (Å²) in [7, 11) is 0. The molecule has 0 bridgehead atoms. The molecule has 0 aliphatic carbocycles. The Morgan fingerprint density at radius 1 is 1.38 bits per heavy atom. The molecule has 0 spiro atoms. The maximum Gasteiger partial charge on any atom is 0.410 e. The highest BCUT2D eigenvalue weighted by Gasteiger charge is 2.29. The number of phenolic OH excluding ortho intramolecular Hbond substituents is 1. The first-order valence-corrected chi connectivity index (χ1v) is 9.75. The van der Waals surface area contributed by atoms with Gasteiger partial charge in [-0.25, -0.2) is 14.8 Å². The van der Waals surface area contributed by atoms with E-state index in [1.807, 2.05) is 32.9 Å². The van der Waals surface area contributed by atoms with Crippen LogP contribution in [-0.2, 0) is 4.74 Å². The first kappa shape index (κ1) is 20.6. The minimum absolute atomic E-state index is 0.0124. The number of benzene rings is 1. The lowest BCUT2D eigenvalue weighted by molar-refractivity contribution is 0.0197. The van der Waals surface area contributed by atoms with E-state index in [1.54, 1.807) is 23.1 Å². The molecule has 0 saturated carbocycles. The number of ether oxygens (including phenoxy) is 1. The van der Waals surface area contributed by atoms with E-state index in [4.69, 9.17) is 10.5 Å². The van der Waals surface area contributed by atoms with Crippen molar-refractivity contribution in [2.45, 2.75) is 45.1 Å². The Kier molecular flexibility index (Phi) is 5.77. The molecule has 7 nitrogen and oxygen atoms in total. The molecule has 1 atom stereocenters. The summed E-state index contributed by atoms with van der Waals surface area (Å²) in [6.45, 7) is 10.5. The molecular formula is C22H28N4O3. The molecule has 7 heteroatoms. The molecule has 154 valence electrons. The molecule has 1 saturated heterocycles. The van der Waals surface area contributed by atoms with Crippen LogP contribution in [0.4, 0.5) is 10.7 Å². The third-order valence-corrected chi connectivity index (χ3v) is 4.81. The van der Waals surface area contributed by atoms with E-state index < -0.39 is 5.60 Å². The van der Waals surface area contributed by atoms with Gasteiger partial charge in [0, 0.05) is 24.6 Å². The summed E-state index contributed by atoms with van der Waals surface area (Å²) in [5.41, 5.74) is 8.06. The van der Waals surface area contributed by atoms with Crippen LogP contribution >= 0.6 is 0 Å². The number of phenols is 1. The average Bonchev–Trinajstić information content (AvgIpc) is 2.66. The van der Waals surface area contributed by atoms with E-state index in [-0.39, 0.29) is 23.7 Å². The van der Waals surface area contributed by atoms with E-state index in [9.17, 15) is 9.90 Å². The molecule has 1 unspecified atom stereocenters. The summed E-state index contributed by atoms with van der Waals surface area (Å²) in [5, 5.41) is 10.4. The van der Waals surface area contributed by atoms with Gasteiger partial charge in [-0.1, -0.05) is 24.8 Å². The third-order valence-electron chi connectivity index (χ3n) is 4.81. The summed E-state index contributed by atoms with van der Waals surface area (Å²) in [6.07, 6.45) is 3.07. The second-order valence-electron chi connectivity index (χ2n) is 8.25. The number of nitrogens with zero attached hydrogens (tertiary/aromatic N) is 3. The highest BCUT2D eigenvalue weighted by molar-refractivity contribution is 5.78. The molecule has 1 aromatic carbocycles. The Morgan fingerprint density at radius 3 is 2.83 bits per heavy atom. The monoisotopic (exact) mass is 396 g/mol. The molecule has 1 aromatic heterocycles. The van der Waals surface area contributed by atoms with Crippen molar-refractivity contribution in [1.82, 2.24) is 14.9 Å². The number of piperidine rings is 1. The minimum atomic E-state index is -0.539. The quantitative estimate of drug-likeness (QED) is 0.807. The fourth-order valence-corrected chi connectivity index (χ4v) is 3.54. The van der Waals surface area contributed by atoms with Crippen molar-refractivity contribution < 1.29 is 14.6 Å². The number of rotatable bonds is 3. The number of hydrogen-bond acceptors (Lipinski definition) is 6. The molecule has 2 aromatic rings. The number of aromatic hydroxyl groups is 1. The van der Waals surface area contributed by atoms with Crippen molar-refractivity contribution in [3.63, 3.8) is 0 Å². The molecule has 3 N–H and O–H groups in total. The van der Waals surface area contributed by atoms with Crippen LogP contribution in [0.2, 0.25) is 0 Å². The SMILES string of the molecule is C=Cc1cccc(O)c1-c1cc(C2CCCN(C(=O)OC(C)(C)C)C2)nc(N)n1. The topological polar surface area (TPSA) is 102 Å². The predicted octanol–water partition coefficient (Wildman–Crippen LogP) is 4.19. The van der Waals surface area contributed by atoms with Crippen molar-refractivity contribution >= 4 is 18.1 Å². The first-order valence-electron chi connectivity index (χ1n) is 9.75. The molecular weight excluding hydrogens is 368 g/mol. The van der Waals surface area contributed by atoms with Gasteiger partial charge in [-0.15, -0.1) is 0 Å². The van der Waals surface area contributed by atoms with E-state index in [1.165, 1.54) is 0 Å². The number of carbonyl (C=O) groups is 1. The zero-order valence-electron chi connectivity index (χ0n) is 17.2. The van der Waals surface area contributed by atoms with Crippen molar-refractivity contribution in [2.75, 3.05) is 18.8 Å². The van der Waals surface area contributed by atoms with Crippen LogP contribution in [0, 0.1) is 0 Å². The van der Waals surface area contributed by atoms with Crippen molar-refractivity contribution in [2.24, 2.45) is 0 Å². The van der Waals surface area contributed by atoms with Crippen LogP contribution in [0.1, 0.15) is 50.8 Å². The Labute approximate surface area is 171 Å². The number of aromatic nitrogens is 2. The number of amides is 1. The third kappa shape index (κ3) is 4.85. The van der Waals surface area contributed by atoms with Crippen LogP contribution in [0.25, 0.3) is 17.3 Å². The number of nitrogen functional groups attached to an aromatic ring is 1. The van der Waals surface area contributed by atoms with E-state index in [0.717, 1.165) is 24.1 Å². The summed E-state index contributed by atoms with van der Waals surface area (Å²) < 4.78 is 5.51. The van der Waals surface area contributed by atoms with Crippen LogP contribution < -0.4 is 5.73 Å². The second kappa shape index (κ2) is 8.11. The number of likely N-dealkylation sites (tertiary alicyclic amines) is 1. The Hall–Kier alpha value is -3.09. The highest BCUT2D eigenvalue weighted by atomic mass is 16.6. The molecule has 29 heavy (non-hydrogen) atoms. The summed E-state index contributed by atoms with van der Waals surface area (Å²) in [5.74, 6) is 0.244. The zero-order valence-corrected chi connectivity index (χ0v) is 17.2.